The summed E-state index contributed by atoms with van der Waals surface area (Å²) in [5.41, 5.74) is 0.113. The smallest absolute Gasteiger partial charge is 0.329 e. The second-order valence-electron chi connectivity index (χ2n) is 5.27. The molecule has 1 aromatic carbocycles. The molecule has 2 aromatic rings. The van der Waals surface area contributed by atoms with E-state index in [9.17, 15) is 14.0 Å². The molecule has 7 heteroatoms. The summed E-state index contributed by atoms with van der Waals surface area (Å²) in [5, 5.41) is 13.9. The Morgan fingerprint density at radius 2 is 2.18 bits per heavy atom. The van der Waals surface area contributed by atoms with Crippen molar-refractivity contribution in [3.63, 3.8) is 0 Å². The number of nitrogens with zero attached hydrogens (tertiary/aromatic N) is 1. The number of nitrogens with one attached hydrogen (secondary N) is 1. The summed E-state index contributed by atoms with van der Waals surface area (Å²) >= 11 is 1.32. The Hall–Kier alpha value is -2.28. The van der Waals surface area contributed by atoms with Crippen molar-refractivity contribution in [3.05, 3.63) is 41.2 Å². The average molecular weight is 320 g/mol. The summed E-state index contributed by atoms with van der Waals surface area (Å²) in [5.74, 6) is -1.71. The van der Waals surface area contributed by atoms with Crippen molar-refractivity contribution in [1.82, 2.24) is 10.3 Å². The maximum atomic E-state index is 13.2. The zero-order chi connectivity index (χ0) is 15.7. The molecule has 1 fully saturated rings. The van der Waals surface area contributed by atoms with Crippen molar-refractivity contribution < 1.29 is 19.1 Å². The van der Waals surface area contributed by atoms with Crippen molar-refractivity contribution in [3.8, 4) is 10.6 Å². The van der Waals surface area contributed by atoms with Crippen LogP contribution in [0.4, 0.5) is 4.39 Å². The Balaban J connectivity index is 1.67. The fraction of sp³-hybridized carbons (Fsp3) is 0.267. The summed E-state index contributed by atoms with van der Waals surface area (Å²) in [4.78, 5) is 27.2. The predicted molar refractivity (Wildman–Crippen MR) is 79.0 cm³/mol. The molecule has 0 unspecified atom stereocenters. The molecule has 1 aliphatic carbocycles. The van der Waals surface area contributed by atoms with Crippen LogP contribution < -0.4 is 5.32 Å². The van der Waals surface area contributed by atoms with E-state index >= 15 is 0 Å². The number of rotatable bonds is 5. The summed E-state index contributed by atoms with van der Waals surface area (Å²) in [6, 6.07) is 6.08. The third kappa shape index (κ3) is 2.99. The molecule has 0 saturated heterocycles. The van der Waals surface area contributed by atoms with E-state index in [0.29, 0.717) is 29.1 Å². The van der Waals surface area contributed by atoms with E-state index in [0.717, 1.165) is 0 Å². The van der Waals surface area contributed by atoms with Gasteiger partial charge in [0.2, 0.25) is 5.91 Å². The van der Waals surface area contributed by atoms with Gasteiger partial charge in [0, 0.05) is 10.9 Å². The molecule has 5 nitrogen and oxygen atoms in total. The summed E-state index contributed by atoms with van der Waals surface area (Å²) < 4.78 is 13.2. The monoisotopic (exact) mass is 320 g/mol. The van der Waals surface area contributed by atoms with Crippen molar-refractivity contribution in [1.29, 1.82) is 0 Å². The van der Waals surface area contributed by atoms with Gasteiger partial charge in [-0.1, -0.05) is 12.1 Å². The molecule has 0 radical (unpaired) electrons. The molecule has 0 atom stereocenters. The number of carboxylic acids is 1. The zero-order valence-electron chi connectivity index (χ0n) is 11.5. The highest BCUT2D eigenvalue weighted by Crippen LogP contribution is 2.35. The Bertz CT molecular complexity index is 740. The molecule has 1 heterocycles. The number of carbonyl (C=O) groups is 2. The summed E-state index contributed by atoms with van der Waals surface area (Å²) in [7, 11) is 0. The molecule has 0 bridgehead atoms. The Morgan fingerprint density at radius 3 is 2.82 bits per heavy atom. The lowest BCUT2D eigenvalue weighted by Crippen LogP contribution is -2.43. The average Bonchev–Trinajstić information content (AvgIpc) is 3.09. The van der Waals surface area contributed by atoms with Gasteiger partial charge in [0.1, 0.15) is 16.4 Å². The minimum absolute atomic E-state index is 0.0147. The molecule has 0 spiro atoms. The maximum absolute atomic E-state index is 13.2. The van der Waals surface area contributed by atoms with Crippen molar-refractivity contribution in [2.75, 3.05) is 0 Å². The fourth-order valence-electron chi connectivity index (χ4n) is 2.14. The van der Waals surface area contributed by atoms with E-state index in [2.05, 4.69) is 10.3 Å². The van der Waals surface area contributed by atoms with Gasteiger partial charge in [-0.05, 0) is 25.0 Å². The number of benzene rings is 1. The van der Waals surface area contributed by atoms with E-state index < -0.39 is 11.5 Å². The number of hydrogen-bond acceptors (Lipinski definition) is 4. The number of carboxylic acid groups (broad SMARTS) is 1. The standard InChI is InChI=1S/C15H13FN2O3S/c16-10-3-1-2-9(6-10)13-17-11(8-22-13)7-12(19)18-15(4-5-15)14(20)21/h1-3,6,8H,4-5,7H2,(H,18,19)(H,20,21). The maximum Gasteiger partial charge on any atom is 0.329 e. The largest absolute Gasteiger partial charge is 0.480 e. The van der Waals surface area contributed by atoms with Gasteiger partial charge in [-0.2, -0.15) is 0 Å². The van der Waals surface area contributed by atoms with Crippen molar-refractivity contribution >= 4 is 23.2 Å². The van der Waals surface area contributed by atoms with Crippen LogP contribution in [0.15, 0.2) is 29.6 Å². The third-order valence-corrected chi connectivity index (χ3v) is 4.44. The molecule has 1 amide bonds. The minimum Gasteiger partial charge on any atom is -0.480 e. The highest BCUT2D eigenvalue weighted by Gasteiger charge is 2.51. The molecule has 22 heavy (non-hydrogen) atoms. The quantitative estimate of drug-likeness (QED) is 0.885. The third-order valence-electron chi connectivity index (χ3n) is 3.50. The van der Waals surface area contributed by atoms with Gasteiger partial charge in [0.15, 0.2) is 0 Å². The van der Waals surface area contributed by atoms with Crippen LogP contribution in [0.1, 0.15) is 18.5 Å². The van der Waals surface area contributed by atoms with E-state index in [1.54, 1.807) is 17.5 Å². The van der Waals surface area contributed by atoms with Gasteiger partial charge in [0.25, 0.3) is 0 Å². The lowest BCUT2D eigenvalue weighted by molar-refractivity contribution is -0.143. The van der Waals surface area contributed by atoms with Gasteiger partial charge in [-0.25, -0.2) is 14.2 Å². The molecule has 0 aliphatic heterocycles. The second kappa shape index (κ2) is 5.49. The zero-order valence-corrected chi connectivity index (χ0v) is 12.3. The van der Waals surface area contributed by atoms with E-state index in [1.807, 2.05) is 0 Å². The van der Waals surface area contributed by atoms with Crippen LogP contribution in [0.25, 0.3) is 10.6 Å². The molecule has 1 aliphatic rings. The normalized spacial score (nSPS) is 15.3. The van der Waals surface area contributed by atoms with Crippen molar-refractivity contribution in [2.24, 2.45) is 0 Å². The SMILES string of the molecule is O=C(Cc1csc(-c2cccc(F)c2)n1)NC1(C(=O)O)CC1. The van der Waals surface area contributed by atoms with E-state index in [1.165, 1.54) is 23.5 Å². The lowest BCUT2D eigenvalue weighted by atomic mass is 10.2. The number of halogens is 1. The highest BCUT2D eigenvalue weighted by atomic mass is 32.1. The number of amides is 1. The highest BCUT2D eigenvalue weighted by molar-refractivity contribution is 7.13. The van der Waals surface area contributed by atoms with Crippen LogP contribution in [0.5, 0.6) is 0 Å². The minimum atomic E-state index is -1.08. The summed E-state index contributed by atoms with van der Waals surface area (Å²) in [6.07, 6.45) is 0.931. The van der Waals surface area contributed by atoms with E-state index in [-0.39, 0.29) is 18.1 Å². The molecule has 1 saturated carbocycles. The van der Waals surface area contributed by atoms with Crippen LogP contribution in [-0.4, -0.2) is 27.5 Å². The molecule has 2 N–H and O–H groups in total. The topological polar surface area (TPSA) is 79.3 Å². The van der Waals surface area contributed by atoms with Gasteiger partial charge in [-0.15, -0.1) is 11.3 Å². The Kier molecular flexibility index (Phi) is 3.66. The molecule has 3 rings (SSSR count). The predicted octanol–water partition coefficient (Wildman–Crippen LogP) is 2.23. The van der Waals surface area contributed by atoms with Crippen LogP contribution in [0.3, 0.4) is 0 Å². The van der Waals surface area contributed by atoms with Crippen LogP contribution >= 0.6 is 11.3 Å². The van der Waals surface area contributed by atoms with Crippen LogP contribution in [-0.2, 0) is 16.0 Å². The first kappa shape index (κ1) is 14.6. The number of carbonyl (C=O) groups excluding carboxylic acids is 1. The van der Waals surface area contributed by atoms with Crippen LogP contribution in [0.2, 0.25) is 0 Å². The first-order valence-electron chi connectivity index (χ1n) is 6.73. The van der Waals surface area contributed by atoms with Crippen LogP contribution in [0, 0.1) is 5.82 Å². The molecular weight excluding hydrogens is 307 g/mol. The fourth-order valence-corrected chi connectivity index (χ4v) is 2.95. The van der Waals surface area contributed by atoms with Gasteiger partial charge in [-0.3, -0.25) is 4.79 Å². The second-order valence-corrected chi connectivity index (χ2v) is 6.12. The molecular formula is C15H13FN2O3S. The first-order valence-corrected chi connectivity index (χ1v) is 7.61. The summed E-state index contributed by atoms with van der Waals surface area (Å²) in [6.45, 7) is 0. The molecule has 114 valence electrons. The van der Waals surface area contributed by atoms with Gasteiger partial charge in [0.05, 0.1) is 12.1 Å². The van der Waals surface area contributed by atoms with Crippen molar-refractivity contribution in [2.45, 2.75) is 24.8 Å². The lowest BCUT2D eigenvalue weighted by Gasteiger charge is -2.11. The Labute approximate surface area is 129 Å². The van der Waals surface area contributed by atoms with Gasteiger partial charge < -0.3 is 10.4 Å². The molecule has 1 aromatic heterocycles. The van der Waals surface area contributed by atoms with E-state index in [4.69, 9.17) is 5.11 Å². The number of hydrogen-bond donors (Lipinski definition) is 2. The Morgan fingerprint density at radius 1 is 1.41 bits per heavy atom. The number of thiazole rings is 1. The van der Waals surface area contributed by atoms with Gasteiger partial charge >= 0.3 is 5.97 Å². The number of aliphatic carboxylic acids is 1. The number of aromatic nitrogens is 1. The first-order chi connectivity index (χ1) is 10.5.